The minimum atomic E-state index is -0.270. The lowest BCUT2D eigenvalue weighted by Gasteiger charge is -2.07. The van der Waals surface area contributed by atoms with Gasteiger partial charge in [-0.2, -0.15) is 0 Å². The average molecular weight is 233 g/mol. The van der Waals surface area contributed by atoms with E-state index in [1.807, 2.05) is 4.57 Å². The molecular formula is C13H16FN3. The SMILES string of the molecule is CC1(C)CC1Cn1c(N)nc2cc(F)ccc21. The predicted molar refractivity (Wildman–Crippen MR) is 66.0 cm³/mol. The Morgan fingerprint density at radius 1 is 1.53 bits per heavy atom. The van der Waals surface area contributed by atoms with Crippen molar-refractivity contribution in [1.82, 2.24) is 9.55 Å². The molecule has 1 unspecified atom stereocenters. The van der Waals surface area contributed by atoms with Gasteiger partial charge in [0.15, 0.2) is 0 Å². The molecule has 0 aliphatic heterocycles. The highest BCUT2D eigenvalue weighted by molar-refractivity contribution is 5.78. The Bertz CT molecular complexity index is 586. The summed E-state index contributed by atoms with van der Waals surface area (Å²) in [6.45, 7) is 5.39. The molecule has 1 aliphatic rings. The molecule has 0 bridgehead atoms. The summed E-state index contributed by atoms with van der Waals surface area (Å²) in [5, 5.41) is 0. The van der Waals surface area contributed by atoms with Crippen LogP contribution in [-0.4, -0.2) is 9.55 Å². The molecule has 90 valence electrons. The minimum Gasteiger partial charge on any atom is -0.369 e. The van der Waals surface area contributed by atoms with Gasteiger partial charge < -0.3 is 10.3 Å². The number of aromatic nitrogens is 2. The van der Waals surface area contributed by atoms with Crippen LogP contribution in [0.15, 0.2) is 18.2 Å². The van der Waals surface area contributed by atoms with Crippen LogP contribution in [0.3, 0.4) is 0 Å². The van der Waals surface area contributed by atoms with E-state index in [-0.39, 0.29) is 5.82 Å². The first-order valence-electron chi connectivity index (χ1n) is 5.89. The van der Waals surface area contributed by atoms with Crippen LogP contribution in [0.1, 0.15) is 20.3 Å². The van der Waals surface area contributed by atoms with Crippen LogP contribution in [0.2, 0.25) is 0 Å². The molecule has 1 aliphatic carbocycles. The fraction of sp³-hybridized carbons (Fsp3) is 0.462. The molecule has 1 fully saturated rings. The molecule has 1 aromatic heterocycles. The van der Waals surface area contributed by atoms with Crippen LogP contribution in [0.4, 0.5) is 10.3 Å². The lowest BCUT2D eigenvalue weighted by molar-refractivity contribution is 0.507. The quantitative estimate of drug-likeness (QED) is 0.866. The standard InChI is InChI=1S/C13H16FN3/c1-13(2)6-8(13)7-17-11-4-3-9(14)5-10(11)16-12(17)15/h3-5,8H,6-7H2,1-2H3,(H2,15,16). The molecule has 4 heteroatoms. The van der Waals surface area contributed by atoms with E-state index in [4.69, 9.17) is 5.73 Å². The van der Waals surface area contributed by atoms with Gasteiger partial charge in [-0.05, 0) is 29.9 Å². The Labute approximate surface area is 99.4 Å². The van der Waals surface area contributed by atoms with Crippen molar-refractivity contribution in [2.75, 3.05) is 5.73 Å². The van der Waals surface area contributed by atoms with E-state index >= 15 is 0 Å². The zero-order valence-corrected chi connectivity index (χ0v) is 10.1. The number of nitrogens with two attached hydrogens (primary N) is 1. The highest BCUT2D eigenvalue weighted by atomic mass is 19.1. The molecule has 0 saturated heterocycles. The molecule has 2 N–H and O–H groups in total. The van der Waals surface area contributed by atoms with Crippen molar-refractivity contribution >= 4 is 17.0 Å². The Kier molecular flexibility index (Phi) is 2.00. The van der Waals surface area contributed by atoms with E-state index in [1.165, 1.54) is 18.6 Å². The first kappa shape index (κ1) is 10.6. The molecule has 3 rings (SSSR count). The van der Waals surface area contributed by atoms with E-state index in [0.717, 1.165) is 12.1 Å². The number of halogens is 1. The largest absolute Gasteiger partial charge is 0.369 e. The molecule has 17 heavy (non-hydrogen) atoms. The van der Waals surface area contributed by atoms with Crippen LogP contribution >= 0.6 is 0 Å². The maximum Gasteiger partial charge on any atom is 0.201 e. The van der Waals surface area contributed by atoms with Gasteiger partial charge in [0.1, 0.15) is 5.82 Å². The number of imidazole rings is 1. The third-order valence-electron chi connectivity index (χ3n) is 3.86. The number of hydrogen-bond donors (Lipinski definition) is 1. The van der Waals surface area contributed by atoms with Crippen molar-refractivity contribution in [2.45, 2.75) is 26.8 Å². The smallest absolute Gasteiger partial charge is 0.201 e. The zero-order chi connectivity index (χ0) is 12.2. The van der Waals surface area contributed by atoms with E-state index in [9.17, 15) is 4.39 Å². The van der Waals surface area contributed by atoms with E-state index < -0.39 is 0 Å². The fourth-order valence-electron chi connectivity index (χ4n) is 2.42. The Balaban J connectivity index is 2.01. The average Bonchev–Trinajstić information content (AvgIpc) is 2.71. The van der Waals surface area contributed by atoms with Crippen LogP contribution in [-0.2, 0) is 6.54 Å². The molecule has 0 radical (unpaired) electrons. The van der Waals surface area contributed by atoms with Crippen molar-refractivity contribution in [1.29, 1.82) is 0 Å². The first-order valence-corrected chi connectivity index (χ1v) is 5.89. The highest BCUT2D eigenvalue weighted by Crippen LogP contribution is 2.52. The molecule has 0 amide bonds. The van der Waals surface area contributed by atoms with E-state index in [0.29, 0.717) is 22.8 Å². The number of anilines is 1. The van der Waals surface area contributed by atoms with Gasteiger partial charge in [-0.1, -0.05) is 13.8 Å². The molecule has 3 nitrogen and oxygen atoms in total. The van der Waals surface area contributed by atoms with Gasteiger partial charge in [0, 0.05) is 12.6 Å². The number of hydrogen-bond acceptors (Lipinski definition) is 2. The van der Waals surface area contributed by atoms with Gasteiger partial charge in [0.25, 0.3) is 0 Å². The summed E-state index contributed by atoms with van der Waals surface area (Å²) < 4.78 is 15.1. The summed E-state index contributed by atoms with van der Waals surface area (Å²) >= 11 is 0. The van der Waals surface area contributed by atoms with Crippen molar-refractivity contribution in [2.24, 2.45) is 11.3 Å². The lowest BCUT2D eigenvalue weighted by Crippen LogP contribution is -2.07. The monoisotopic (exact) mass is 233 g/mol. The van der Waals surface area contributed by atoms with Crippen LogP contribution in [0.5, 0.6) is 0 Å². The van der Waals surface area contributed by atoms with Crippen molar-refractivity contribution in [3.63, 3.8) is 0 Å². The van der Waals surface area contributed by atoms with Gasteiger partial charge in [0.2, 0.25) is 5.95 Å². The number of nitrogens with zero attached hydrogens (tertiary/aromatic N) is 2. The molecule has 2 aromatic rings. The number of benzene rings is 1. The second-order valence-electron chi connectivity index (χ2n) is 5.60. The number of rotatable bonds is 2. The summed E-state index contributed by atoms with van der Waals surface area (Å²) in [7, 11) is 0. The van der Waals surface area contributed by atoms with Crippen molar-refractivity contribution < 1.29 is 4.39 Å². The first-order chi connectivity index (χ1) is 7.97. The van der Waals surface area contributed by atoms with Crippen molar-refractivity contribution in [3.8, 4) is 0 Å². The number of nitrogen functional groups attached to an aromatic ring is 1. The maximum atomic E-state index is 13.1. The zero-order valence-electron chi connectivity index (χ0n) is 10.1. The molecule has 1 heterocycles. The van der Waals surface area contributed by atoms with Gasteiger partial charge in [-0.3, -0.25) is 0 Å². The number of fused-ring (bicyclic) bond motifs is 1. The molecule has 0 spiro atoms. The molecule has 1 atom stereocenters. The molecular weight excluding hydrogens is 217 g/mol. The third kappa shape index (κ3) is 1.68. The van der Waals surface area contributed by atoms with Gasteiger partial charge in [-0.15, -0.1) is 0 Å². The normalized spacial score (nSPS) is 21.9. The summed E-state index contributed by atoms with van der Waals surface area (Å²) in [6, 6.07) is 4.64. The predicted octanol–water partition coefficient (Wildman–Crippen LogP) is 2.80. The summed E-state index contributed by atoms with van der Waals surface area (Å²) in [4.78, 5) is 4.20. The van der Waals surface area contributed by atoms with Gasteiger partial charge >= 0.3 is 0 Å². The summed E-state index contributed by atoms with van der Waals surface area (Å²) in [5.41, 5.74) is 7.87. The second kappa shape index (κ2) is 3.22. The van der Waals surface area contributed by atoms with Gasteiger partial charge in [-0.25, -0.2) is 9.37 Å². The van der Waals surface area contributed by atoms with E-state index in [2.05, 4.69) is 18.8 Å². The minimum absolute atomic E-state index is 0.270. The van der Waals surface area contributed by atoms with Crippen molar-refractivity contribution in [3.05, 3.63) is 24.0 Å². The Morgan fingerprint density at radius 3 is 2.88 bits per heavy atom. The highest BCUT2D eigenvalue weighted by Gasteiger charge is 2.45. The summed E-state index contributed by atoms with van der Waals surface area (Å²) in [5.74, 6) is 0.856. The van der Waals surface area contributed by atoms with Crippen LogP contribution in [0.25, 0.3) is 11.0 Å². The second-order valence-corrected chi connectivity index (χ2v) is 5.60. The maximum absolute atomic E-state index is 13.1. The Hall–Kier alpha value is -1.58. The van der Waals surface area contributed by atoms with Crippen LogP contribution < -0.4 is 5.73 Å². The van der Waals surface area contributed by atoms with Gasteiger partial charge in [0.05, 0.1) is 11.0 Å². The molecule has 1 saturated carbocycles. The summed E-state index contributed by atoms with van der Waals surface area (Å²) in [6.07, 6.45) is 1.22. The third-order valence-corrected chi connectivity index (χ3v) is 3.86. The topological polar surface area (TPSA) is 43.8 Å². The lowest BCUT2D eigenvalue weighted by atomic mass is 10.1. The Morgan fingerprint density at radius 2 is 2.24 bits per heavy atom. The molecule has 1 aromatic carbocycles. The fourth-order valence-corrected chi connectivity index (χ4v) is 2.42. The van der Waals surface area contributed by atoms with E-state index in [1.54, 1.807) is 6.07 Å². The van der Waals surface area contributed by atoms with Crippen LogP contribution in [0, 0.1) is 17.2 Å².